The smallest absolute Gasteiger partial charge is 0.137 e. The van der Waals surface area contributed by atoms with Crippen LogP contribution >= 0.6 is 15.9 Å². The summed E-state index contributed by atoms with van der Waals surface area (Å²) in [6.07, 6.45) is 8.08. The lowest BCUT2D eigenvalue weighted by molar-refractivity contribution is 0.606. The highest BCUT2D eigenvalue weighted by molar-refractivity contribution is 9.10. The molecule has 0 saturated heterocycles. The summed E-state index contributed by atoms with van der Waals surface area (Å²) in [6.45, 7) is 1.61. The summed E-state index contributed by atoms with van der Waals surface area (Å²) in [5.74, 6) is 2.39. The molecule has 0 aliphatic rings. The number of unbranched alkanes of at least 4 members (excludes halogenated alkanes) is 2. The van der Waals surface area contributed by atoms with Crippen LogP contribution in [-0.4, -0.2) is 6.54 Å². The van der Waals surface area contributed by atoms with Gasteiger partial charge in [0.2, 0.25) is 0 Å². The molecule has 0 bridgehead atoms. The van der Waals surface area contributed by atoms with Gasteiger partial charge in [-0.05, 0) is 53.0 Å². The maximum Gasteiger partial charge on any atom is 0.137 e. The van der Waals surface area contributed by atoms with Crippen LogP contribution in [0, 0.1) is 18.2 Å². The third kappa shape index (κ3) is 4.78. The van der Waals surface area contributed by atoms with Crippen LogP contribution in [0.5, 0.6) is 0 Å². The van der Waals surface area contributed by atoms with Gasteiger partial charge >= 0.3 is 0 Å². The summed E-state index contributed by atoms with van der Waals surface area (Å²) < 4.78 is 13.7. The number of hydrogen-bond acceptors (Lipinski definition) is 1. The standard InChI is InChI=1S/C13H15BrFN/c1-2-3-4-5-8-16-10-11-6-7-12(14)13(15)9-11/h1,6-7,9,16H,3-5,8,10H2. The number of rotatable bonds is 6. The topological polar surface area (TPSA) is 12.0 Å². The van der Waals surface area contributed by atoms with Crippen molar-refractivity contribution in [3.8, 4) is 12.3 Å². The first-order valence-corrected chi connectivity index (χ1v) is 6.11. The van der Waals surface area contributed by atoms with Gasteiger partial charge in [0.15, 0.2) is 0 Å². The average Bonchev–Trinajstić information content (AvgIpc) is 2.28. The second kappa shape index (κ2) is 7.43. The van der Waals surface area contributed by atoms with Crippen molar-refractivity contribution in [1.29, 1.82) is 0 Å². The van der Waals surface area contributed by atoms with Crippen molar-refractivity contribution in [2.24, 2.45) is 0 Å². The van der Waals surface area contributed by atoms with Gasteiger partial charge in [0, 0.05) is 13.0 Å². The van der Waals surface area contributed by atoms with Crippen LogP contribution in [-0.2, 0) is 6.54 Å². The molecule has 1 aromatic rings. The summed E-state index contributed by atoms with van der Waals surface area (Å²) in [7, 11) is 0. The first kappa shape index (κ1) is 13.2. The largest absolute Gasteiger partial charge is 0.313 e. The number of terminal acetylenes is 1. The zero-order valence-electron chi connectivity index (χ0n) is 9.10. The highest BCUT2D eigenvalue weighted by Gasteiger charge is 1.99. The van der Waals surface area contributed by atoms with E-state index < -0.39 is 0 Å². The molecule has 0 fully saturated rings. The lowest BCUT2D eigenvalue weighted by Gasteiger charge is -2.05. The van der Waals surface area contributed by atoms with Crippen LogP contribution in [0.3, 0.4) is 0 Å². The van der Waals surface area contributed by atoms with Gasteiger partial charge < -0.3 is 5.32 Å². The van der Waals surface area contributed by atoms with Crippen LogP contribution in [0.1, 0.15) is 24.8 Å². The zero-order valence-corrected chi connectivity index (χ0v) is 10.7. The van der Waals surface area contributed by atoms with E-state index in [9.17, 15) is 4.39 Å². The number of halogens is 2. The lowest BCUT2D eigenvalue weighted by atomic mass is 10.2. The third-order valence-electron chi connectivity index (χ3n) is 2.24. The first-order chi connectivity index (χ1) is 7.74. The predicted molar refractivity (Wildman–Crippen MR) is 68.5 cm³/mol. The highest BCUT2D eigenvalue weighted by atomic mass is 79.9. The summed E-state index contributed by atoms with van der Waals surface area (Å²) in [5, 5.41) is 3.26. The van der Waals surface area contributed by atoms with E-state index in [1.54, 1.807) is 12.1 Å². The zero-order chi connectivity index (χ0) is 11.8. The van der Waals surface area contributed by atoms with Gasteiger partial charge in [-0.1, -0.05) is 6.07 Å². The van der Waals surface area contributed by atoms with Gasteiger partial charge in [-0.15, -0.1) is 12.3 Å². The Morgan fingerprint density at radius 2 is 2.19 bits per heavy atom. The Labute approximate surface area is 105 Å². The Bertz CT molecular complexity index is 371. The van der Waals surface area contributed by atoms with Crippen LogP contribution in [0.4, 0.5) is 4.39 Å². The minimum atomic E-state index is -0.216. The van der Waals surface area contributed by atoms with E-state index in [1.165, 1.54) is 0 Å². The quantitative estimate of drug-likeness (QED) is 0.623. The molecule has 0 aliphatic heterocycles. The third-order valence-corrected chi connectivity index (χ3v) is 2.88. The van der Waals surface area contributed by atoms with Crippen LogP contribution in [0.2, 0.25) is 0 Å². The monoisotopic (exact) mass is 283 g/mol. The molecule has 1 aromatic carbocycles. The van der Waals surface area contributed by atoms with E-state index in [4.69, 9.17) is 6.42 Å². The van der Waals surface area contributed by atoms with Crippen molar-refractivity contribution in [2.75, 3.05) is 6.54 Å². The fourth-order valence-corrected chi connectivity index (χ4v) is 1.61. The summed E-state index contributed by atoms with van der Waals surface area (Å²) in [6, 6.07) is 5.17. The molecule has 16 heavy (non-hydrogen) atoms. The molecule has 0 unspecified atom stereocenters. The molecule has 0 aliphatic carbocycles. The van der Waals surface area contributed by atoms with E-state index in [2.05, 4.69) is 27.2 Å². The second-order valence-corrected chi connectivity index (χ2v) is 4.44. The Hall–Kier alpha value is -0.850. The molecule has 3 heteroatoms. The van der Waals surface area contributed by atoms with E-state index in [-0.39, 0.29) is 5.82 Å². The van der Waals surface area contributed by atoms with Crippen LogP contribution < -0.4 is 5.32 Å². The molecule has 1 N–H and O–H groups in total. The lowest BCUT2D eigenvalue weighted by Crippen LogP contribution is -2.14. The molecule has 0 saturated carbocycles. The van der Waals surface area contributed by atoms with Gasteiger partial charge in [-0.2, -0.15) is 0 Å². The van der Waals surface area contributed by atoms with E-state index >= 15 is 0 Å². The van der Waals surface area contributed by atoms with Crippen LogP contribution in [0.25, 0.3) is 0 Å². The molecule has 1 nitrogen and oxygen atoms in total. The summed E-state index contributed by atoms with van der Waals surface area (Å²) in [5.41, 5.74) is 0.956. The molecular formula is C13H15BrFN. The molecule has 0 radical (unpaired) electrons. The van der Waals surface area contributed by atoms with Crippen LogP contribution in [0.15, 0.2) is 22.7 Å². The van der Waals surface area contributed by atoms with Gasteiger partial charge in [-0.3, -0.25) is 0 Å². The van der Waals surface area contributed by atoms with E-state index in [0.29, 0.717) is 11.0 Å². The van der Waals surface area contributed by atoms with Crippen molar-refractivity contribution in [3.05, 3.63) is 34.1 Å². The van der Waals surface area contributed by atoms with Crippen molar-refractivity contribution < 1.29 is 4.39 Å². The first-order valence-electron chi connectivity index (χ1n) is 5.32. The van der Waals surface area contributed by atoms with E-state index in [1.807, 2.05) is 6.07 Å². The molecule has 0 aromatic heterocycles. The van der Waals surface area contributed by atoms with Gasteiger partial charge in [0.05, 0.1) is 4.47 Å². The van der Waals surface area contributed by atoms with Gasteiger partial charge in [0.1, 0.15) is 5.82 Å². The minimum Gasteiger partial charge on any atom is -0.313 e. The summed E-state index contributed by atoms with van der Waals surface area (Å²) >= 11 is 3.13. The number of hydrogen-bond donors (Lipinski definition) is 1. The molecule has 0 atom stereocenters. The fraction of sp³-hybridized carbons (Fsp3) is 0.385. The minimum absolute atomic E-state index is 0.216. The molecular weight excluding hydrogens is 269 g/mol. The van der Waals surface area contributed by atoms with Crippen molar-refractivity contribution in [3.63, 3.8) is 0 Å². The van der Waals surface area contributed by atoms with E-state index in [0.717, 1.165) is 31.4 Å². The van der Waals surface area contributed by atoms with Crippen molar-refractivity contribution in [1.82, 2.24) is 5.32 Å². The Balaban J connectivity index is 2.22. The highest BCUT2D eigenvalue weighted by Crippen LogP contribution is 2.16. The Morgan fingerprint density at radius 3 is 2.88 bits per heavy atom. The average molecular weight is 284 g/mol. The van der Waals surface area contributed by atoms with Gasteiger partial charge in [0.25, 0.3) is 0 Å². The normalized spacial score (nSPS) is 10.1. The van der Waals surface area contributed by atoms with Gasteiger partial charge in [-0.25, -0.2) is 4.39 Å². The predicted octanol–water partition coefficient (Wildman–Crippen LogP) is 3.48. The Kier molecular flexibility index (Phi) is 6.14. The van der Waals surface area contributed by atoms with Crippen molar-refractivity contribution in [2.45, 2.75) is 25.8 Å². The maximum absolute atomic E-state index is 13.2. The molecule has 1 rings (SSSR count). The molecule has 0 spiro atoms. The molecule has 0 amide bonds. The second-order valence-electron chi connectivity index (χ2n) is 3.59. The summed E-state index contributed by atoms with van der Waals surface area (Å²) in [4.78, 5) is 0. The number of nitrogens with one attached hydrogen (secondary N) is 1. The fourth-order valence-electron chi connectivity index (χ4n) is 1.36. The van der Waals surface area contributed by atoms with Crippen molar-refractivity contribution >= 4 is 15.9 Å². The Morgan fingerprint density at radius 1 is 1.38 bits per heavy atom. The number of benzene rings is 1. The SMILES string of the molecule is C#CCCCCNCc1ccc(Br)c(F)c1. The molecule has 0 heterocycles. The molecule has 86 valence electrons. The maximum atomic E-state index is 13.2.